The number of carbonyl (C=O) groups is 1. The van der Waals surface area contributed by atoms with Gasteiger partial charge in [0.1, 0.15) is 11.5 Å². The maximum atomic E-state index is 12.9. The largest absolute Gasteiger partial charge is 0.341 e. The number of amides is 1. The molecule has 2 aromatic carbocycles. The molecular formula is C22H23N5O. The quantitative estimate of drug-likeness (QED) is 0.553. The third-order valence-electron chi connectivity index (χ3n) is 4.95. The summed E-state index contributed by atoms with van der Waals surface area (Å²) < 4.78 is 2.04. The Balaban J connectivity index is 1.61. The number of rotatable bonds is 5. The second-order valence-corrected chi connectivity index (χ2v) is 7.25. The summed E-state index contributed by atoms with van der Waals surface area (Å²) in [5.41, 5.74) is 4.12. The minimum atomic E-state index is -0.214. The SMILES string of the molecule is CC(C)C(NC(=O)c1cc(-c2ccccc2)n[nH]1)c1nc2ccccc2n1C. The van der Waals surface area contributed by atoms with E-state index in [1.165, 1.54) is 0 Å². The van der Waals surface area contributed by atoms with Crippen molar-refractivity contribution in [3.05, 3.63) is 72.2 Å². The van der Waals surface area contributed by atoms with E-state index in [4.69, 9.17) is 4.98 Å². The molecule has 2 N–H and O–H groups in total. The van der Waals surface area contributed by atoms with Gasteiger partial charge < -0.3 is 9.88 Å². The number of hydrogen-bond donors (Lipinski definition) is 2. The van der Waals surface area contributed by atoms with Gasteiger partial charge in [-0.05, 0) is 24.1 Å². The second-order valence-electron chi connectivity index (χ2n) is 7.25. The van der Waals surface area contributed by atoms with Gasteiger partial charge in [0.15, 0.2) is 0 Å². The fraction of sp³-hybridized carbons (Fsp3) is 0.227. The molecule has 142 valence electrons. The van der Waals surface area contributed by atoms with Crippen LogP contribution in [-0.2, 0) is 7.05 Å². The fourth-order valence-corrected chi connectivity index (χ4v) is 3.39. The normalized spacial score (nSPS) is 12.4. The predicted octanol–water partition coefficient (Wildman–Crippen LogP) is 4.09. The van der Waals surface area contributed by atoms with E-state index in [1.54, 1.807) is 6.07 Å². The van der Waals surface area contributed by atoms with E-state index < -0.39 is 0 Å². The summed E-state index contributed by atoms with van der Waals surface area (Å²) in [6, 6.07) is 19.3. The molecule has 0 spiro atoms. The Kier molecular flexibility index (Phi) is 4.69. The molecule has 4 rings (SSSR count). The van der Waals surface area contributed by atoms with Gasteiger partial charge in [0, 0.05) is 12.6 Å². The van der Waals surface area contributed by atoms with E-state index in [-0.39, 0.29) is 17.9 Å². The first-order chi connectivity index (χ1) is 13.5. The number of nitrogens with zero attached hydrogens (tertiary/aromatic N) is 3. The molecule has 1 unspecified atom stereocenters. The average molecular weight is 373 g/mol. The van der Waals surface area contributed by atoms with Crippen LogP contribution in [0.2, 0.25) is 0 Å². The molecule has 2 heterocycles. The number of hydrogen-bond acceptors (Lipinski definition) is 3. The number of benzene rings is 2. The van der Waals surface area contributed by atoms with Crippen LogP contribution in [0.25, 0.3) is 22.3 Å². The molecule has 0 saturated heterocycles. The minimum absolute atomic E-state index is 0.177. The maximum Gasteiger partial charge on any atom is 0.269 e. The van der Waals surface area contributed by atoms with Crippen LogP contribution in [0.5, 0.6) is 0 Å². The molecule has 1 atom stereocenters. The number of carbonyl (C=O) groups excluding carboxylic acids is 1. The van der Waals surface area contributed by atoms with Crippen LogP contribution in [0, 0.1) is 5.92 Å². The zero-order valence-electron chi connectivity index (χ0n) is 16.2. The summed E-state index contributed by atoms with van der Waals surface area (Å²) in [6.45, 7) is 4.15. The Bertz CT molecular complexity index is 1110. The smallest absolute Gasteiger partial charge is 0.269 e. The molecule has 4 aromatic rings. The Morgan fingerprint density at radius 3 is 2.50 bits per heavy atom. The number of nitrogens with one attached hydrogen (secondary N) is 2. The van der Waals surface area contributed by atoms with E-state index in [2.05, 4.69) is 29.4 Å². The molecule has 1 amide bonds. The molecule has 6 heteroatoms. The van der Waals surface area contributed by atoms with Crippen LogP contribution in [0.3, 0.4) is 0 Å². The van der Waals surface area contributed by atoms with E-state index in [0.717, 1.165) is 28.1 Å². The zero-order chi connectivity index (χ0) is 19.7. The van der Waals surface area contributed by atoms with Crippen LogP contribution in [0.15, 0.2) is 60.7 Å². The highest BCUT2D eigenvalue weighted by Gasteiger charge is 2.25. The van der Waals surface area contributed by atoms with E-state index in [1.807, 2.05) is 66.2 Å². The first kappa shape index (κ1) is 18.0. The molecule has 2 aromatic heterocycles. The Hall–Kier alpha value is -3.41. The highest BCUT2D eigenvalue weighted by Crippen LogP contribution is 2.25. The second kappa shape index (κ2) is 7.31. The number of aromatic amines is 1. The zero-order valence-corrected chi connectivity index (χ0v) is 16.2. The molecule has 0 fully saturated rings. The maximum absolute atomic E-state index is 12.9. The number of fused-ring (bicyclic) bond motifs is 1. The summed E-state index contributed by atoms with van der Waals surface area (Å²) in [4.78, 5) is 17.6. The van der Waals surface area contributed by atoms with Crippen molar-refractivity contribution in [1.29, 1.82) is 0 Å². The predicted molar refractivity (Wildman–Crippen MR) is 110 cm³/mol. The van der Waals surface area contributed by atoms with Gasteiger partial charge in [0.25, 0.3) is 5.91 Å². The molecule has 6 nitrogen and oxygen atoms in total. The summed E-state index contributed by atoms with van der Waals surface area (Å²) in [5, 5.41) is 10.3. The first-order valence-corrected chi connectivity index (χ1v) is 9.37. The molecule has 0 bridgehead atoms. The van der Waals surface area contributed by atoms with Crippen LogP contribution in [-0.4, -0.2) is 25.7 Å². The van der Waals surface area contributed by atoms with Gasteiger partial charge in [-0.15, -0.1) is 0 Å². The van der Waals surface area contributed by atoms with Crippen molar-refractivity contribution in [2.24, 2.45) is 13.0 Å². The third kappa shape index (κ3) is 3.29. The van der Waals surface area contributed by atoms with Gasteiger partial charge in [-0.2, -0.15) is 5.10 Å². The fourth-order valence-electron chi connectivity index (χ4n) is 3.39. The van der Waals surface area contributed by atoms with Crippen LogP contribution in [0.1, 0.15) is 36.2 Å². The van der Waals surface area contributed by atoms with E-state index >= 15 is 0 Å². The molecule has 0 saturated carbocycles. The summed E-state index contributed by atoms with van der Waals surface area (Å²) in [5.74, 6) is 0.823. The van der Waals surface area contributed by atoms with E-state index in [0.29, 0.717) is 5.69 Å². The van der Waals surface area contributed by atoms with Crippen molar-refractivity contribution in [3.63, 3.8) is 0 Å². The van der Waals surface area contributed by atoms with Gasteiger partial charge >= 0.3 is 0 Å². The van der Waals surface area contributed by atoms with Crippen molar-refractivity contribution >= 4 is 16.9 Å². The van der Waals surface area contributed by atoms with E-state index in [9.17, 15) is 4.79 Å². The molecule has 0 aliphatic carbocycles. The van der Waals surface area contributed by atoms with Crippen LogP contribution < -0.4 is 5.32 Å². The Labute approximate surface area is 163 Å². The molecule has 28 heavy (non-hydrogen) atoms. The monoisotopic (exact) mass is 373 g/mol. The van der Waals surface area contributed by atoms with Gasteiger partial charge in [-0.3, -0.25) is 9.89 Å². The van der Waals surface area contributed by atoms with Crippen LogP contribution >= 0.6 is 0 Å². The minimum Gasteiger partial charge on any atom is -0.341 e. The lowest BCUT2D eigenvalue weighted by molar-refractivity contribution is 0.0917. The Morgan fingerprint density at radius 1 is 1.07 bits per heavy atom. The van der Waals surface area contributed by atoms with Gasteiger partial charge in [0.2, 0.25) is 0 Å². The van der Waals surface area contributed by atoms with Gasteiger partial charge in [-0.25, -0.2) is 4.98 Å². The lowest BCUT2D eigenvalue weighted by Crippen LogP contribution is -2.33. The lowest BCUT2D eigenvalue weighted by Gasteiger charge is -2.21. The molecule has 0 aliphatic heterocycles. The standard InChI is InChI=1S/C22H23N5O/c1-14(2)20(21-23-16-11-7-8-12-19(16)27(21)3)24-22(28)18-13-17(25-26-18)15-9-5-4-6-10-15/h4-14,20H,1-3H3,(H,24,28)(H,25,26). The number of aromatic nitrogens is 4. The summed E-state index contributed by atoms with van der Waals surface area (Å²) in [6.07, 6.45) is 0. The van der Waals surface area contributed by atoms with Crippen molar-refractivity contribution in [2.75, 3.05) is 0 Å². The highest BCUT2D eigenvalue weighted by atomic mass is 16.2. The highest BCUT2D eigenvalue weighted by molar-refractivity contribution is 5.93. The molecule has 0 radical (unpaired) electrons. The number of imidazole rings is 1. The summed E-state index contributed by atoms with van der Waals surface area (Å²) in [7, 11) is 1.98. The third-order valence-corrected chi connectivity index (χ3v) is 4.95. The van der Waals surface area contributed by atoms with Gasteiger partial charge in [0.05, 0.1) is 22.8 Å². The lowest BCUT2D eigenvalue weighted by atomic mass is 10.0. The van der Waals surface area contributed by atoms with Crippen molar-refractivity contribution in [3.8, 4) is 11.3 Å². The summed E-state index contributed by atoms with van der Waals surface area (Å²) >= 11 is 0. The Morgan fingerprint density at radius 2 is 1.79 bits per heavy atom. The van der Waals surface area contributed by atoms with Gasteiger partial charge in [-0.1, -0.05) is 56.3 Å². The van der Waals surface area contributed by atoms with Crippen molar-refractivity contribution < 1.29 is 4.79 Å². The first-order valence-electron chi connectivity index (χ1n) is 9.37. The van der Waals surface area contributed by atoms with Crippen molar-refractivity contribution in [2.45, 2.75) is 19.9 Å². The number of H-pyrrole nitrogens is 1. The van der Waals surface area contributed by atoms with Crippen molar-refractivity contribution in [1.82, 2.24) is 25.1 Å². The molecular weight excluding hydrogens is 350 g/mol. The number of para-hydroxylation sites is 2. The van der Waals surface area contributed by atoms with Crippen LogP contribution in [0.4, 0.5) is 0 Å². The molecule has 0 aliphatic rings. The number of aryl methyl sites for hydroxylation is 1. The topological polar surface area (TPSA) is 75.6 Å². The average Bonchev–Trinajstić information content (AvgIpc) is 3.32.